The van der Waals surface area contributed by atoms with Crippen molar-refractivity contribution in [2.24, 2.45) is 0 Å². The van der Waals surface area contributed by atoms with Gasteiger partial charge in [0.05, 0.1) is 7.44 Å². The maximum atomic E-state index is 2.14. The van der Waals surface area contributed by atoms with Gasteiger partial charge >= 0.3 is 0 Å². The Bertz CT molecular complexity index is 8.00. The molecule has 0 heterocycles. The number of hydrogen-bond acceptors (Lipinski definition) is 0. The van der Waals surface area contributed by atoms with Crippen LogP contribution in [0.15, 0.2) is 0 Å². The molecule has 0 N–H and O–H groups in total. The zero-order valence-corrected chi connectivity index (χ0v) is 6.06. The molecule has 0 spiro atoms. The third-order valence-corrected chi connectivity index (χ3v) is 0. The SMILES string of the molecule is B[SiH3].[AlH3].[Ti]. The fraction of sp³-hybridized carbons (Fsp3) is 0. The minimum atomic E-state index is 0. The molecular weight excluding hydrogens is 114 g/mol. The van der Waals surface area contributed by atoms with Crippen LogP contribution in [0.25, 0.3) is 0 Å². The normalized spacial score (nSPS) is 2.00. The molecule has 0 amide bonds. The molecule has 4 heavy (non-hydrogen) atoms. The summed E-state index contributed by atoms with van der Waals surface area (Å²) < 4.78 is 0. The van der Waals surface area contributed by atoms with Crippen LogP contribution in [0.1, 0.15) is 0 Å². The Morgan fingerprint density at radius 3 is 1.25 bits per heavy atom. The summed E-state index contributed by atoms with van der Waals surface area (Å²) in [5, 5.41) is 0. The van der Waals surface area contributed by atoms with Gasteiger partial charge < -0.3 is 0 Å². The van der Waals surface area contributed by atoms with Gasteiger partial charge in [0, 0.05) is 21.7 Å². The van der Waals surface area contributed by atoms with Crippen molar-refractivity contribution in [3.05, 3.63) is 0 Å². The Balaban J connectivity index is -0.00000000500. The van der Waals surface area contributed by atoms with Crippen molar-refractivity contribution in [3.63, 3.8) is 0 Å². The largest absolute Gasteiger partial charge is 0.187 e. The van der Waals surface area contributed by atoms with Crippen molar-refractivity contribution in [2.75, 3.05) is 0 Å². The molecule has 0 aromatic rings. The summed E-state index contributed by atoms with van der Waals surface area (Å²) in [6.07, 6.45) is 0. The van der Waals surface area contributed by atoms with Gasteiger partial charge in [-0.15, -0.1) is 0 Å². The van der Waals surface area contributed by atoms with E-state index >= 15 is 0 Å². The minimum absolute atomic E-state index is 0. The molecule has 0 radical (unpaired) electrons. The summed E-state index contributed by atoms with van der Waals surface area (Å²) in [5.41, 5.74) is 0. The van der Waals surface area contributed by atoms with Crippen LogP contribution in [0.5, 0.6) is 0 Å². The van der Waals surface area contributed by atoms with Gasteiger partial charge in [0.1, 0.15) is 0 Å². The average Bonchev–Trinajstić information content (AvgIpc) is 1.00. The molecule has 0 aromatic heterocycles. The van der Waals surface area contributed by atoms with E-state index in [-0.39, 0.29) is 39.1 Å². The molecule has 0 unspecified atom stereocenters. The second-order valence-electron chi connectivity index (χ2n) is 0. The van der Waals surface area contributed by atoms with E-state index in [9.17, 15) is 0 Å². The van der Waals surface area contributed by atoms with Crippen LogP contribution in [0, 0.1) is 0 Å². The quantitative estimate of drug-likeness (QED) is 0.295. The predicted molar refractivity (Wildman–Crippen MR) is 28.4 cm³/mol. The molecule has 0 aromatic carbocycles. The Morgan fingerprint density at radius 2 is 1.25 bits per heavy atom. The van der Waals surface area contributed by atoms with Crippen LogP contribution in [0.3, 0.4) is 0 Å². The van der Waals surface area contributed by atoms with Gasteiger partial charge in [-0.1, -0.05) is 0 Å². The predicted octanol–water partition coefficient (Wildman–Crippen LogP) is -3.29. The monoisotopic (exact) mass is 122 g/mol. The van der Waals surface area contributed by atoms with E-state index in [1.165, 1.54) is 10.1 Å². The van der Waals surface area contributed by atoms with E-state index in [0.717, 1.165) is 0 Å². The van der Waals surface area contributed by atoms with Gasteiger partial charge in [-0.05, 0) is 10.1 Å². The second kappa shape index (κ2) is 24.1. The van der Waals surface area contributed by atoms with Crippen molar-refractivity contribution in [3.8, 4) is 0 Å². The smallest absolute Gasteiger partial charge is 0.0304 e. The maximum absolute atomic E-state index is 2.14. The summed E-state index contributed by atoms with van der Waals surface area (Å²) in [6.45, 7) is 0. The summed E-state index contributed by atoms with van der Waals surface area (Å²) in [6, 6.07) is 0. The van der Waals surface area contributed by atoms with Crippen LogP contribution in [-0.2, 0) is 21.7 Å². The number of hydrogen-bond donors (Lipinski definition) is 0. The van der Waals surface area contributed by atoms with Crippen LogP contribution in [-0.4, -0.2) is 34.9 Å². The van der Waals surface area contributed by atoms with Crippen molar-refractivity contribution in [1.82, 2.24) is 0 Å². The van der Waals surface area contributed by atoms with Gasteiger partial charge in [-0.25, -0.2) is 0 Å². The molecule has 0 bridgehead atoms. The second-order valence-corrected chi connectivity index (χ2v) is 0. The molecule has 0 aliphatic rings. The molecule has 22 valence electrons. The van der Waals surface area contributed by atoms with Crippen LogP contribution in [0.4, 0.5) is 0 Å². The summed E-state index contributed by atoms with van der Waals surface area (Å²) in [7, 11) is 3.44. The van der Waals surface area contributed by atoms with Gasteiger partial charge in [0.25, 0.3) is 0 Å². The van der Waals surface area contributed by atoms with Gasteiger partial charge in [-0.3, -0.25) is 0 Å². The molecule has 0 aliphatic carbocycles. The van der Waals surface area contributed by atoms with Crippen molar-refractivity contribution in [2.45, 2.75) is 0 Å². The Labute approximate surface area is 56.5 Å². The van der Waals surface area contributed by atoms with E-state index in [2.05, 4.69) is 7.44 Å². The molecular formula is H8AlBSiTi. The Morgan fingerprint density at radius 1 is 1.25 bits per heavy atom. The molecule has 0 saturated heterocycles. The minimum Gasteiger partial charge on any atom is -0.0304 e. The van der Waals surface area contributed by atoms with Crippen LogP contribution in [0.2, 0.25) is 0 Å². The van der Waals surface area contributed by atoms with Crippen LogP contribution < -0.4 is 0 Å². The number of rotatable bonds is 0. The fourth-order valence-electron chi connectivity index (χ4n) is 0. The first kappa shape index (κ1) is 17.7. The fourth-order valence-corrected chi connectivity index (χ4v) is 0. The van der Waals surface area contributed by atoms with E-state index < -0.39 is 0 Å². The van der Waals surface area contributed by atoms with Crippen molar-refractivity contribution >= 4 is 34.9 Å². The summed E-state index contributed by atoms with van der Waals surface area (Å²) in [5.74, 6) is 0. The molecule has 0 rings (SSSR count). The maximum Gasteiger partial charge on any atom is 0.187 e. The van der Waals surface area contributed by atoms with Gasteiger partial charge in [-0.2, -0.15) is 0 Å². The average molecular weight is 122 g/mol. The molecule has 4 heteroatoms. The molecule has 0 nitrogen and oxygen atoms in total. The third kappa shape index (κ3) is 9.66. The topological polar surface area (TPSA) is 0 Å². The van der Waals surface area contributed by atoms with E-state index in [4.69, 9.17) is 0 Å². The molecule has 0 aliphatic heterocycles. The van der Waals surface area contributed by atoms with E-state index in [0.29, 0.717) is 0 Å². The third-order valence-electron chi connectivity index (χ3n) is 0. The molecule has 0 atom stereocenters. The van der Waals surface area contributed by atoms with Crippen molar-refractivity contribution < 1.29 is 21.7 Å². The zero-order valence-electron chi connectivity index (χ0n) is 2.50. The Kier molecular flexibility index (Phi) is 107. The standard InChI is InChI=1S/Al.BH5Si.Ti.3H/c;1-2;;;;/h;1H2,2H3;;;;. The van der Waals surface area contributed by atoms with E-state index in [1.54, 1.807) is 0 Å². The molecule has 0 fully saturated rings. The first-order valence-corrected chi connectivity index (χ1v) is 3.00. The van der Waals surface area contributed by atoms with Crippen molar-refractivity contribution in [1.29, 1.82) is 0 Å². The van der Waals surface area contributed by atoms with E-state index in [1.807, 2.05) is 0 Å². The van der Waals surface area contributed by atoms with Crippen LogP contribution >= 0.6 is 0 Å². The summed E-state index contributed by atoms with van der Waals surface area (Å²) in [4.78, 5) is 0. The zero-order chi connectivity index (χ0) is 2.00. The first-order chi connectivity index (χ1) is 1.00. The Hall–Kier alpha value is 1.53. The first-order valence-electron chi connectivity index (χ1n) is 1.00. The summed E-state index contributed by atoms with van der Waals surface area (Å²) >= 11 is 0. The molecule has 0 saturated carbocycles. The van der Waals surface area contributed by atoms with Gasteiger partial charge in [0.2, 0.25) is 0 Å². The van der Waals surface area contributed by atoms with Gasteiger partial charge in [0.15, 0.2) is 17.4 Å².